The molecular formula is C8H15N3. The van der Waals surface area contributed by atoms with Gasteiger partial charge in [-0.1, -0.05) is 6.58 Å². The van der Waals surface area contributed by atoms with Crippen LogP contribution in [0.15, 0.2) is 22.8 Å². The predicted octanol–water partition coefficient (Wildman–Crippen LogP) is 1.57. The molecule has 0 atom stereocenters. The van der Waals surface area contributed by atoms with Gasteiger partial charge in [0.2, 0.25) is 0 Å². The molecule has 0 heterocycles. The predicted molar refractivity (Wildman–Crippen MR) is 50.1 cm³/mol. The molecule has 0 amide bonds. The maximum Gasteiger partial charge on any atom is 0.0985 e. The van der Waals surface area contributed by atoms with Crippen LogP contribution in [-0.4, -0.2) is 18.2 Å². The molecule has 0 aromatic rings. The Balaban J connectivity index is 3.76. The topological polar surface area (TPSA) is 36.8 Å². The summed E-state index contributed by atoms with van der Waals surface area (Å²) in [6.07, 6.45) is 3.03. The van der Waals surface area contributed by atoms with E-state index >= 15 is 0 Å². The van der Waals surface area contributed by atoms with E-state index in [1.165, 1.54) is 6.20 Å². The van der Waals surface area contributed by atoms with Crippen molar-refractivity contribution in [2.75, 3.05) is 0 Å². The molecule has 62 valence electrons. The van der Waals surface area contributed by atoms with E-state index in [1.807, 2.05) is 20.8 Å². The van der Waals surface area contributed by atoms with E-state index < -0.39 is 0 Å². The van der Waals surface area contributed by atoms with Crippen molar-refractivity contribution in [3.8, 4) is 0 Å². The molecule has 0 unspecified atom stereocenters. The highest BCUT2D eigenvalue weighted by molar-refractivity contribution is 5.90. The van der Waals surface area contributed by atoms with Gasteiger partial charge < -0.3 is 5.32 Å². The maximum atomic E-state index is 4.23. The molecule has 0 bridgehead atoms. The third kappa shape index (κ3) is 6.77. The van der Waals surface area contributed by atoms with Gasteiger partial charge in [-0.15, -0.1) is 0 Å². The molecule has 3 heteroatoms. The first-order valence-electron chi connectivity index (χ1n) is 3.60. The van der Waals surface area contributed by atoms with Crippen molar-refractivity contribution in [1.29, 1.82) is 0 Å². The number of hydrogen-bond donors (Lipinski definition) is 1. The third-order valence-corrected chi connectivity index (χ3v) is 0.905. The molecule has 1 N–H and O–H groups in total. The third-order valence-electron chi connectivity index (χ3n) is 0.905. The summed E-state index contributed by atoms with van der Waals surface area (Å²) in [5.74, 6) is 0.866. The molecule has 0 fully saturated rings. The summed E-state index contributed by atoms with van der Waals surface area (Å²) in [6, 6.07) is 0.319. The van der Waals surface area contributed by atoms with Crippen LogP contribution < -0.4 is 5.32 Å². The molecule has 11 heavy (non-hydrogen) atoms. The fraction of sp³-hybridized carbons (Fsp3) is 0.500. The Bertz CT molecular complexity index is 168. The van der Waals surface area contributed by atoms with Crippen LogP contribution in [0.3, 0.4) is 0 Å². The van der Waals surface area contributed by atoms with Crippen molar-refractivity contribution in [3.63, 3.8) is 0 Å². The van der Waals surface area contributed by atoms with E-state index in [4.69, 9.17) is 0 Å². The Morgan fingerprint density at radius 2 is 2.18 bits per heavy atom. The van der Waals surface area contributed by atoms with Crippen molar-refractivity contribution in [2.24, 2.45) is 9.98 Å². The highest BCUT2D eigenvalue weighted by Gasteiger charge is 1.88. The first-order valence-corrected chi connectivity index (χ1v) is 3.60. The van der Waals surface area contributed by atoms with Crippen molar-refractivity contribution >= 4 is 12.2 Å². The van der Waals surface area contributed by atoms with Gasteiger partial charge in [0.05, 0.1) is 12.2 Å². The van der Waals surface area contributed by atoms with Crippen molar-refractivity contribution in [2.45, 2.75) is 26.8 Å². The first-order chi connectivity index (χ1) is 5.16. The van der Waals surface area contributed by atoms with E-state index in [9.17, 15) is 0 Å². The van der Waals surface area contributed by atoms with Crippen LogP contribution in [0, 0.1) is 0 Å². The molecule has 0 saturated heterocycles. The van der Waals surface area contributed by atoms with E-state index in [-0.39, 0.29) is 0 Å². The van der Waals surface area contributed by atoms with Crippen molar-refractivity contribution in [3.05, 3.63) is 12.8 Å². The zero-order chi connectivity index (χ0) is 8.69. The Morgan fingerprint density at radius 3 is 2.64 bits per heavy atom. The largest absolute Gasteiger partial charge is 0.335 e. The van der Waals surface area contributed by atoms with Gasteiger partial charge in [-0.25, -0.2) is 4.99 Å². The molecule has 0 rings (SSSR count). The molecular weight excluding hydrogens is 138 g/mol. The van der Waals surface area contributed by atoms with Gasteiger partial charge in [-0.3, -0.25) is 4.99 Å². The summed E-state index contributed by atoms with van der Waals surface area (Å²) in [5, 5.41) is 2.90. The Morgan fingerprint density at radius 1 is 1.55 bits per heavy atom. The fourth-order valence-corrected chi connectivity index (χ4v) is 0.608. The van der Waals surface area contributed by atoms with Crippen LogP contribution in [0.4, 0.5) is 0 Å². The second-order valence-corrected chi connectivity index (χ2v) is 2.41. The fourth-order valence-electron chi connectivity index (χ4n) is 0.608. The monoisotopic (exact) mass is 153 g/mol. The number of nitrogens with one attached hydrogen (secondary N) is 1. The Hall–Kier alpha value is -1.12. The summed E-state index contributed by atoms with van der Waals surface area (Å²) >= 11 is 0. The Kier molecular flexibility index (Phi) is 5.07. The number of rotatable bonds is 3. The normalized spacial score (nSPS) is 12.5. The zero-order valence-electron chi connectivity index (χ0n) is 7.33. The van der Waals surface area contributed by atoms with Gasteiger partial charge in [0.1, 0.15) is 0 Å². The van der Waals surface area contributed by atoms with Crippen LogP contribution in [0.1, 0.15) is 20.8 Å². The Labute approximate surface area is 67.9 Å². The highest BCUT2D eigenvalue weighted by Crippen LogP contribution is 1.84. The summed E-state index contributed by atoms with van der Waals surface area (Å²) in [6.45, 7) is 9.39. The smallest absolute Gasteiger partial charge is 0.0985 e. The second kappa shape index (κ2) is 5.65. The zero-order valence-corrected chi connectivity index (χ0v) is 7.33. The lowest BCUT2D eigenvalue weighted by atomic mass is 10.4. The van der Waals surface area contributed by atoms with Gasteiger partial charge in [0, 0.05) is 12.2 Å². The van der Waals surface area contributed by atoms with Gasteiger partial charge in [-0.2, -0.15) is 0 Å². The SMILES string of the molecule is C=CN=CNC(C)=NC(C)C. The minimum Gasteiger partial charge on any atom is -0.335 e. The van der Waals surface area contributed by atoms with E-state index in [0.29, 0.717) is 6.04 Å². The lowest BCUT2D eigenvalue weighted by Crippen LogP contribution is -2.19. The van der Waals surface area contributed by atoms with E-state index in [1.54, 1.807) is 6.34 Å². The summed E-state index contributed by atoms with van der Waals surface area (Å²) < 4.78 is 0. The molecule has 0 spiro atoms. The first kappa shape index (κ1) is 9.88. The molecule has 0 saturated carbocycles. The summed E-state index contributed by atoms with van der Waals surface area (Å²) in [5.41, 5.74) is 0. The quantitative estimate of drug-likeness (QED) is 0.485. The highest BCUT2D eigenvalue weighted by atomic mass is 15.0. The number of amidine groups is 1. The van der Waals surface area contributed by atoms with Gasteiger partial charge >= 0.3 is 0 Å². The lowest BCUT2D eigenvalue weighted by molar-refractivity contribution is 0.830. The minimum absolute atomic E-state index is 0.319. The van der Waals surface area contributed by atoms with Crippen molar-refractivity contribution in [1.82, 2.24) is 5.32 Å². The van der Waals surface area contributed by atoms with Gasteiger partial charge in [-0.05, 0) is 20.8 Å². The van der Waals surface area contributed by atoms with E-state index in [0.717, 1.165) is 5.84 Å². The standard InChI is InChI=1S/C8H15N3/c1-5-9-6-10-8(4)11-7(2)3/h5-7H,1H2,2-4H3,(H,9,10,11). The van der Waals surface area contributed by atoms with Gasteiger partial charge in [0.25, 0.3) is 0 Å². The van der Waals surface area contributed by atoms with Crippen LogP contribution in [0.5, 0.6) is 0 Å². The van der Waals surface area contributed by atoms with Crippen LogP contribution in [0.2, 0.25) is 0 Å². The van der Waals surface area contributed by atoms with Crippen LogP contribution in [0.25, 0.3) is 0 Å². The molecule has 0 aliphatic heterocycles. The molecule has 0 aliphatic carbocycles. The molecule has 0 aromatic carbocycles. The molecule has 0 aromatic heterocycles. The molecule has 0 aliphatic rings. The minimum atomic E-state index is 0.319. The van der Waals surface area contributed by atoms with Gasteiger partial charge in [0.15, 0.2) is 0 Å². The van der Waals surface area contributed by atoms with E-state index in [2.05, 4.69) is 21.9 Å². The average molecular weight is 153 g/mol. The number of aliphatic imine (C=N–C) groups is 2. The molecule has 0 radical (unpaired) electrons. The second-order valence-electron chi connectivity index (χ2n) is 2.41. The molecule has 3 nitrogen and oxygen atoms in total. The average Bonchev–Trinajstić information content (AvgIpc) is 1.86. The lowest BCUT2D eigenvalue weighted by Gasteiger charge is -2.00. The number of hydrogen-bond acceptors (Lipinski definition) is 2. The summed E-state index contributed by atoms with van der Waals surface area (Å²) in [7, 11) is 0. The summed E-state index contributed by atoms with van der Waals surface area (Å²) in [4.78, 5) is 8.00. The maximum absolute atomic E-state index is 4.23. The van der Waals surface area contributed by atoms with Crippen LogP contribution in [-0.2, 0) is 0 Å². The number of nitrogens with zero attached hydrogens (tertiary/aromatic N) is 2. The van der Waals surface area contributed by atoms with Crippen LogP contribution >= 0.6 is 0 Å². The van der Waals surface area contributed by atoms with Crippen molar-refractivity contribution < 1.29 is 0 Å².